The van der Waals surface area contributed by atoms with E-state index in [2.05, 4.69) is 0 Å². The van der Waals surface area contributed by atoms with Crippen molar-refractivity contribution in [3.05, 3.63) is 76.1 Å². The van der Waals surface area contributed by atoms with E-state index in [0.29, 0.717) is 31.2 Å². The molecule has 1 aromatic carbocycles. The van der Waals surface area contributed by atoms with E-state index in [4.69, 9.17) is 13.9 Å². The summed E-state index contributed by atoms with van der Waals surface area (Å²) in [5, 5.41) is 12.4. The fraction of sp³-hybridized carbons (Fsp3) is 0.423. The first-order chi connectivity index (χ1) is 17.0. The Hall–Kier alpha value is -2.72. The topological polar surface area (TPSA) is 75.4 Å². The summed E-state index contributed by atoms with van der Waals surface area (Å²) in [6.07, 6.45) is 1.64. The van der Waals surface area contributed by atoms with E-state index in [0.717, 1.165) is 12.0 Å². The van der Waals surface area contributed by atoms with Gasteiger partial charge in [0.1, 0.15) is 23.9 Å². The van der Waals surface area contributed by atoms with Gasteiger partial charge < -0.3 is 23.9 Å². The second-order valence-electron chi connectivity index (χ2n) is 8.48. The van der Waals surface area contributed by atoms with Crippen LogP contribution in [-0.4, -0.2) is 66.4 Å². The summed E-state index contributed by atoms with van der Waals surface area (Å²) in [7, 11) is 0. The fourth-order valence-corrected chi connectivity index (χ4v) is 5.23. The molecule has 35 heavy (non-hydrogen) atoms. The molecule has 9 heteroatoms. The predicted molar refractivity (Wildman–Crippen MR) is 131 cm³/mol. The van der Waals surface area contributed by atoms with E-state index in [1.165, 1.54) is 17.0 Å². The first-order valence-corrected chi connectivity index (χ1v) is 12.7. The Morgan fingerprint density at radius 2 is 2.23 bits per heavy atom. The fourth-order valence-electron chi connectivity index (χ4n) is 4.30. The Kier molecular flexibility index (Phi) is 8.92. The van der Waals surface area contributed by atoms with Gasteiger partial charge in [-0.05, 0) is 54.6 Å². The highest BCUT2D eigenvalue weighted by Gasteiger charge is 2.33. The highest BCUT2D eigenvalue weighted by molar-refractivity contribution is 7.10. The van der Waals surface area contributed by atoms with Crippen LogP contribution < -0.4 is 4.74 Å². The number of halogens is 1. The molecular formula is C26H31FN2O5S. The van der Waals surface area contributed by atoms with Crippen LogP contribution in [0.3, 0.4) is 0 Å². The number of carbonyl (C=O) groups excluding carboxylic acids is 1. The third kappa shape index (κ3) is 6.91. The molecule has 2 aromatic heterocycles. The number of nitrogens with zero attached hydrogens (tertiary/aromatic N) is 2. The number of carbonyl (C=O) groups is 1. The average Bonchev–Trinajstić information content (AvgIpc) is 3.53. The molecule has 188 valence electrons. The quantitative estimate of drug-likeness (QED) is 0.405. The molecule has 4 rings (SSSR count). The normalized spacial score (nSPS) is 16.3. The predicted octanol–water partition coefficient (Wildman–Crippen LogP) is 3.88. The maximum atomic E-state index is 13.6. The molecule has 0 aliphatic carbocycles. The highest BCUT2D eigenvalue weighted by atomic mass is 32.1. The first kappa shape index (κ1) is 25.4. The Balaban J connectivity index is 1.47. The van der Waals surface area contributed by atoms with E-state index in [-0.39, 0.29) is 44.1 Å². The van der Waals surface area contributed by atoms with Crippen molar-refractivity contribution in [2.24, 2.45) is 0 Å². The number of furan rings is 1. The summed E-state index contributed by atoms with van der Waals surface area (Å²) < 4.78 is 30.4. The number of hydrogen-bond donors (Lipinski definition) is 1. The van der Waals surface area contributed by atoms with Crippen molar-refractivity contribution in [1.82, 2.24) is 9.80 Å². The zero-order valence-corrected chi connectivity index (χ0v) is 20.6. The Labute approximate surface area is 208 Å². The lowest BCUT2D eigenvalue weighted by molar-refractivity contribution is -0.136. The first-order valence-electron chi connectivity index (χ1n) is 11.8. The van der Waals surface area contributed by atoms with E-state index in [9.17, 15) is 14.3 Å². The van der Waals surface area contributed by atoms with Crippen LogP contribution in [0.4, 0.5) is 4.39 Å². The van der Waals surface area contributed by atoms with Gasteiger partial charge in [-0.15, -0.1) is 11.3 Å². The lowest BCUT2D eigenvalue weighted by Gasteiger charge is -2.37. The molecule has 0 spiro atoms. The van der Waals surface area contributed by atoms with Gasteiger partial charge in [-0.1, -0.05) is 6.07 Å². The van der Waals surface area contributed by atoms with Gasteiger partial charge in [-0.2, -0.15) is 0 Å². The zero-order chi connectivity index (χ0) is 24.6. The molecule has 3 heterocycles. The molecule has 1 amide bonds. The van der Waals surface area contributed by atoms with Gasteiger partial charge in [0, 0.05) is 30.6 Å². The van der Waals surface area contributed by atoms with Crippen LogP contribution >= 0.6 is 11.3 Å². The average molecular weight is 503 g/mol. The van der Waals surface area contributed by atoms with Crippen molar-refractivity contribution in [2.75, 3.05) is 39.5 Å². The number of amides is 1. The number of thiophene rings is 1. The van der Waals surface area contributed by atoms with Crippen LogP contribution in [-0.2, 0) is 22.5 Å². The Morgan fingerprint density at radius 3 is 3.00 bits per heavy atom. The molecule has 3 aromatic rings. The largest absolute Gasteiger partial charge is 0.491 e. The molecular weight excluding hydrogens is 471 g/mol. The van der Waals surface area contributed by atoms with E-state index < -0.39 is 6.10 Å². The second-order valence-corrected chi connectivity index (χ2v) is 9.48. The molecule has 0 radical (unpaired) electrons. The second kappa shape index (κ2) is 12.3. The smallest absolute Gasteiger partial charge is 0.237 e. The molecule has 1 aliphatic rings. The minimum atomic E-state index is -0.727. The lowest BCUT2D eigenvalue weighted by atomic mass is 10.0. The summed E-state index contributed by atoms with van der Waals surface area (Å²) in [4.78, 5) is 18.5. The standard InChI is InChI=1S/C26H31FN2O5S/c1-2-32-17-20(30)14-28(15-22-7-4-11-33-22)16-26(31)29-10-8-25-23(9-12-35-25)24(29)18-34-21-6-3-5-19(27)13-21/h3-7,9,11-13,20,24,30H,2,8,10,14-18H2,1H3/t20-,24-/m1/s1. The summed E-state index contributed by atoms with van der Waals surface area (Å²) >= 11 is 1.68. The molecule has 2 atom stereocenters. The van der Waals surface area contributed by atoms with Crippen LogP contribution in [0.1, 0.15) is 29.2 Å². The SMILES string of the molecule is CCOC[C@H](O)CN(CC(=O)N1CCc2sccc2[C@H]1COc1cccc(F)c1)Cc1ccco1. The van der Waals surface area contributed by atoms with Gasteiger partial charge in [0.05, 0.1) is 38.1 Å². The molecule has 0 saturated heterocycles. The Morgan fingerprint density at radius 1 is 1.34 bits per heavy atom. The number of hydrogen-bond acceptors (Lipinski definition) is 7. The monoisotopic (exact) mass is 502 g/mol. The Bertz CT molecular complexity index is 1070. The van der Waals surface area contributed by atoms with Crippen molar-refractivity contribution < 1.29 is 28.2 Å². The number of rotatable bonds is 12. The van der Waals surface area contributed by atoms with Crippen molar-refractivity contribution in [2.45, 2.75) is 32.0 Å². The molecule has 1 aliphatic heterocycles. The van der Waals surface area contributed by atoms with Gasteiger partial charge >= 0.3 is 0 Å². The van der Waals surface area contributed by atoms with Crippen molar-refractivity contribution in [3.63, 3.8) is 0 Å². The third-order valence-corrected chi connectivity index (χ3v) is 6.92. The number of aliphatic hydroxyl groups excluding tert-OH is 1. The molecule has 1 N–H and O–H groups in total. The van der Waals surface area contributed by atoms with Crippen LogP contribution in [0.15, 0.2) is 58.5 Å². The molecule has 0 unspecified atom stereocenters. The van der Waals surface area contributed by atoms with Gasteiger partial charge in [0.15, 0.2) is 0 Å². The zero-order valence-electron chi connectivity index (χ0n) is 19.8. The van der Waals surface area contributed by atoms with Crippen LogP contribution in [0.5, 0.6) is 5.75 Å². The van der Waals surface area contributed by atoms with Crippen molar-refractivity contribution >= 4 is 17.2 Å². The van der Waals surface area contributed by atoms with E-state index in [1.807, 2.05) is 34.2 Å². The van der Waals surface area contributed by atoms with Gasteiger partial charge in [0.25, 0.3) is 0 Å². The minimum absolute atomic E-state index is 0.0649. The van der Waals surface area contributed by atoms with E-state index >= 15 is 0 Å². The van der Waals surface area contributed by atoms with Gasteiger partial charge in [0.2, 0.25) is 5.91 Å². The maximum absolute atomic E-state index is 13.6. The summed E-state index contributed by atoms with van der Waals surface area (Å²) in [6.45, 7) is 4.16. The van der Waals surface area contributed by atoms with Crippen LogP contribution in [0.2, 0.25) is 0 Å². The number of ether oxygens (including phenoxy) is 2. The molecule has 0 fully saturated rings. The molecule has 7 nitrogen and oxygen atoms in total. The number of fused-ring (bicyclic) bond motifs is 1. The minimum Gasteiger partial charge on any atom is -0.491 e. The van der Waals surface area contributed by atoms with Gasteiger partial charge in [-0.3, -0.25) is 9.69 Å². The highest BCUT2D eigenvalue weighted by Crippen LogP contribution is 2.34. The maximum Gasteiger partial charge on any atom is 0.237 e. The van der Waals surface area contributed by atoms with Crippen LogP contribution in [0, 0.1) is 5.82 Å². The third-order valence-electron chi connectivity index (χ3n) is 5.92. The van der Waals surface area contributed by atoms with Crippen LogP contribution in [0.25, 0.3) is 0 Å². The molecule has 0 saturated carbocycles. The summed E-state index contributed by atoms with van der Waals surface area (Å²) in [5.74, 6) is 0.712. The van der Waals surface area contributed by atoms with E-state index in [1.54, 1.807) is 35.8 Å². The lowest BCUT2D eigenvalue weighted by Crippen LogP contribution is -2.47. The van der Waals surface area contributed by atoms with Gasteiger partial charge in [-0.25, -0.2) is 4.39 Å². The number of aliphatic hydroxyl groups is 1. The summed E-state index contributed by atoms with van der Waals surface area (Å²) in [6, 6.07) is 11.4. The van der Waals surface area contributed by atoms with Crippen molar-refractivity contribution in [3.8, 4) is 5.75 Å². The number of benzene rings is 1. The van der Waals surface area contributed by atoms with Crippen molar-refractivity contribution in [1.29, 1.82) is 0 Å². The summed E-state index contributed by atoms with van der Waals surface area (Å²) in [5.41, 5.74) is 1.07. The molecule has 0 bridgehead atoms.